The van der Waals surface area contributed by atoms with Crippen LogP contribution >= 0.6 is 0 Å². The number of hydrogen-bond acceptors (Lipinski definition) is 2. The maximum Gasteiger partial charge on any atom is 0.465 e. The zero-order valence-corrected chi connectivity index (χ0v) is 14.1. The Bertz CT molecular complexity index is 364. The molecule has 0 aliphatic rings. The first kappa shape index (κ1) is 22.9. The van der Waals surface area contributed by atoms with Crippen LogP contribution < -0.4 is 0 Å². The van der Waals surface area contributed by atoms with E-state index in [2.05, 4.69) is 11.7 Å². The van der Waals surface area contributed by atoms with E-state index in [1.165, 1.54) is 32.1 Å². The van der Waals surface area contributed by atoms with Crippen LogP contribution in [-0.2, 0) is 9.53 Å². The van der Waals surface area contributed by atoms with Crippen LogP contribution in [-0.4, -0.2) is 24.7 Å². The summed E-state index contributed by atoms with van der Waals surface area (Å²) in [6.07, 6.45) is 7.92. The third-order valence-electron chi connectivity index (χ3n) is 3.50. The minimum atomic E-state index is -5.91. The average Bonchev–Trinajstić information content (AvgIpc) is 2.50. The third kappa shape index (κ3) is 9.88. The predicted octanol–water partition coefficient (Wildman–Crippen LogP) is 6.20. The fraction of sp³-hybridized carbons (Fsp3) is 0.824. The van der Waals surface area contributed by atoms with Gasteiger partial charge in [0, 0.05) is 0 Å². The molecule has 0 aromatic heterocycles. The Balaban J connectivity index is 3.57. The molecule has 0 heterocycles. The van der Waals surface area contributed by atoms with Crippen LogP contribution in [0.1, 0.15) is 71.1 Å². The Labute approximate surface area is 140 Å². The Morgan fingerprint density at radius 3 is 1.88 bits per heavy atom. The van der Waals surface area contributed by atoms with Crippen molar-refractivity contribution < 1.29 is 31.5 Å². The first-order valence-corrected chi connectivity index (χ1v) is 8.50. The topological polar surface area (TPSA) is 26.3 Å². The molecule has 0 unspecified atom stereocenters. The van der Waals surface area contributed by atoms with Crippen molar-refractivity contribution in [3.63, 3.8) is 0 Å². The van der Waals surface area contributed by atoms with Crippen LogP contribution in [0.5, 0.6) is 0 Å². The second-order valence-corrected chi connectivity index (χ2v) is 5.73. The molecule has 0 amide bonds. The molecule has 2 nitrogen and oxygen atoms in total. The number of carbonyl (C=O) groups excluding carboxylic acids is 1. The highest BCUT2D eigenvalue weighted by Gasteiger charge is 2.64. The highest BCUT2D eigenvalue weighted by atomic mass is 19.4. The number of halogens is 5. The van der Waals surface area contributed by atoms with Crippen molar-refractivity contribution in [2.75, 3.05) is 6.61 Å². The lowest BCUT2D eigenvalue weighted by Gasteiger charge is -2.17. The Kier molecular flexibility index (Phi) is 11.7. The maximum atomic E-state index is 12.6. The molecular weight excluding hydrogens is 331 g/mol. The zero-order chi connectivity index (χ0) is 18.5. The molecule has 7 heteroatoms. The molecule has 0 aliphatic carbocycles. The average molecular weight is 358 g/mol. The third-order valence-corrected chi connectivity index (χ3v) is 3.50. The van der Waals surface area contributed by atoms with E-state index in [1.807, 2.05) is 12.2 Å². The zero-order valence-electron chi connectivity index (χ0n) is 14.1. The van der Waals surface area contributed by atoms with Gasteiger partial charge in [-0.1, -0.05) is 51.2 Å². The van der Waals surface area contributed by atoms with Crippen molar-refractivity contribution in [1.82, 2.24) is 0 Å². The molecule has 0 aromatic rings. The molecule has 0 aromatic carbocycles. The van der Waals surface area contributed by atoms with Crippen LogP contribution in [0.4, 0.5) is 22.0 Å². The molecule has 0 saturated carbocycles. The van der Waals surface area contributed by atoms with Gasteiger partial charge in [-0.15, -0.1) is 0 Å². The van der Waals surface area contributed by atoms with Gasteiger partial charge in [-0.2, -0.15) is 22.0 Å². The van der Waals surface area contributed by atoms with E-state index in [0.29, 0.717) is 12.8 Å². The molecule has 0 radical (unpaired) electrons. The summed E-state index contributed by atoms with van der Waals surface area (Å²) in [6.45, 7) is 1.74. The molecule has 0 N–H and O–H groups in total. The number of alkyl halides is 5. The van der Waals surface area contributed by atoms with Crippen molar-refractivity contribution in [3.8, 4) is 0 Å². The summed E-state index contributed by atoms with van der Waals surface area (Å²) in [7, 11) is 0. The lowest BCUT2D eigenvalue weighted by atomic mass is 10.1. The molecule has 0 fully saturated rings. The summed E-state index contributed by atoms with van der Waals surface area (Å²) in [6, 6.07) is 0. The van der Waals surface area contributed by atoms with Crippen LogP contribution in [0.2, 0.25) is 0 Å². The van der Waals surface area contributed by atoms with Crippen molar-refractivity contribution in [2.24, 2.45) is 0 Å². The number of rotatable bonds is 13. The van der Waals surface area contributed by atoms with Crippen molar-refractivity contribution >= 4 is 5.97 Å². The second kappa shape index (κ2) is 12.3. The Hall–Kier alpha value is -1.14. The molecule has 0 aliphatic heterocycles. The summed E-state index contributed by atoms with van der Waals surface area (Å²) in [5.41, 5.74) is 0. The van der Waals surface area contributed by atoms with E-state index in [9.17, 15) is 26.7 Å². The number of ether oxygens (including phenoxy) is 1. The van der Waals surface area contributed by atoms with Gasteiger partial charge in [-0.25, -0.2) is 4.79 Å². The monoisotopic (exact) mass is 358 g/mol. The van der Waals surface area contributed by atoms with Gasteiger partial charge in [0.25, 0.3) is 0 Å². The maximum absolute atomic E-state index is 12.6. The minimum absolute atomic E-state index is 0.251. The number of carbonyl (C=O) groups is 1. The normalized spacial score (nSPS) is 12.8. The molecule has 24 heavy (non-hydrogen) atoms. The smallest absolute Gasteiger partial charge is 0.461 e. The van der Waals surface area contributed by atoms with Gasteiger partial charge in [0.15, 0.2) is 0 Å². The van der Waals surface area contributed by atoms with Crippen molar-refractivity contribution in [3.05, 3.63) is 12.2 Å². The fourth-order valence-corrected chi connectivity index (χ4v) is 2.01. The van der Waals surface area contributed by atoms with Gasteiger partial charge >= 0.3 is 18.1 Å². The predicted molar refractivity (Wildman–Crippen MR) is 82.9 cm³/mol. The summed E-state index contributed by atoms with van der Waals surface area (Å²) in [5, 5.41) is 0. The van der Waals surface area contributed by atoms with Crippen molar-refractivity contribution in [2.45, 2.75) is 83.2 Å². The van der Waals surface area contributed by atoms with Crippen LogP contribution in [0.15, 0.2) is 12.2 Å². The lowest BCUT2D eigenvalue weighted by molar-refractivity contribution is -0.280. The minimum Gasteiger partial charge on any atom is -0.461 e. The van der Waals surface area contributed by atoms with E-state index >= 15 is 0 Å². The molecule has 0 bridgehead atoms. The molecule has 0 spiro atoms. The van der Waals surface area contributed by atoms with Gasteiger partial charge in [-0.05, 0) is 32.1 Å². The van der Waals surface area contributed by atoms with Gasteiger partial charge in [0.1, 0.15) is 0 Å². The fourth-order valence-electron chi connectivity index (χ4n) is 2.01. The highest BCUT2D eigenvalue weighted by molar-refractivity contribution is 5.78. The first-order valence-electron chi connectivity index (χ1n) is 8.50. The summed E-state index contributed by atoms with van der Waals surface area (Å²) < 4.78 is 64.8. The van der Waals surface area contributed by atoms with Gasteiger partial charge < -0.3 is 4.74 Å². The highest BCUT2D eigenvalue weighted by Crippen LogP contribution is 2.36. The van der Waals surface area contributed by atoms with E-state index in [0.717, 1.165) is 12.8 Å². The molecular formula is C17H27F5O2. The molecule has 142 valence electrons. The van der Waals surface area contributed by atoms with Gasteiger partial charge in [0.2, 0.25) is 0 Å². The Morgan fingerprint density at radius 2 is 1.33 bits per heavy atom. The van der Waals surface area contributed by atoms with Gasteiger partial charge in [-0.3, -0.25) is 0 Å². The van der Waals surface area contributed by atoms with E-state index in [4.69, 9.17) is 0 Å². The molecule has 0 atom stereocenters. The van der Waals surface area contributed by atoms with Gasteiger partial charge in [0.05, 0.1) is 6.61 Å². The van der Waals surface area contributed by atoms with E-state index in [1.54, 1.807) is 0 Å². The SMILES string of the molecule is CCCCCCCC/C=C/CCCCOC(=O)C(F)(F)C(F)(F)F. The summed E-state index contributed by atoms with van der Waals surface area (Å²) in [5.74, 6) is -7.97. The molecule has 0 rings (SSSR count). The number of allylic oxidation sites excluding steroid dienone is 2. The first-order chi connectivity index (χ1) is 11.2. The van der Waals surface area contributed by atoms with Crippen LogP contribution in [0, 0.1) is 0 Å². The number of hydrogen-bond donors (Lipinski definition) is 0. The quantitative estimate of drug-likeness (QED) is 0.169. The van der Waals surface area contributed by atoms with Crippen LogP contribution in [0.3, 0.4) is 0 Å². The number of unbranched alkanes of at least 4 members (excludes halogenated alkanes) is 8. The van der Waals surface area contributed by atoms with Crippen LogP contribution in [0.25, 0.3) is 0 Å². The summed E-state index contributed by atoms with van der Waals surface area (Å²) in [4.78, 5) is 10.7. The summed E-state index contributed by atoms with van der Waals surface area (Å²) >= 11 is 0. The standard InChI is InChI=1S/C17H27F5O2/c1-2-3-4-5-6-7-8-9-10-11-12-13-14-24-15(23)16(18,19)17(20,21)22/h9-10H,2-8,11-14H2,1H3/b10-9+. The molecule has 0 saturated heterocycles. The van der Waals surface area contributed by atoms with Crippen molar-refractivity contribution in [1.29, 1.82) is 0 Å². The van der Waals surface area contributed by atoms with E-state index in [-0.39, 0.29) is 6.42 Å². The Morgan fingerprint density at radius 1 is 0.833 bits per heavy atom. The number of esters is 1. The second-order valence-electron chi connectivity index (χ2n) is 5.73. The largest absolute Gasteiger partial charge is 0.465 e. The lowest BCUT2D eigenvalue weighted by Crippen LogP contribution is -2.45. The van der Waals surface area contributed by atoms with E-state index < -0.39 is 24.7 Å².